The molecule has 3 aromatic rings. The van der Waals surface area contributed by atoms with Gasteiger partial charge in [-0.15, -0.1) is 11.3 Å². The molecular weight excluding hydrogens is 370 g/mol. The summed E-state index contributed by atoms with van der Waals surface area (Å²) in [6.07, 6.45) is -0.350. The largest absolute Gasteiger partial charge is 0.486 e. The first kappa shape index (κ1) is 16.9. The quantitative estimate of drug-likeness (QED) is 0.692. The van der Waals surface area contributed by atoms with E-state index in [2.05, 4.69) is 15.6 Å². The number of fused-ring (bicyclic) bond motifs is 1. The number of rotatable bonds is 4. The molecule has 0 bridgehead atoms. The minimum atomic E-state index is -0.350. The van der Waals surface area contributed by atoms with Crippen molar-refractivity contribution in [2.24, 2.45) is 0 Å². The van der Waals surface area contributed by atoms with Gasteiger partial charge in [-0.2, -0.15) is 0 Å². The maximum atomic E-state index is 12.4. The van der Waals surface area contributed by atoms with Crippen LogP contribution in [-0.2, 0) is 6.61 Å². The van der Waals surface area contributed by atoms with E-state index < -0.39 is 0 Å². The fourth-order valence-corrected chi connectivity index (χ4v) is 3.69. The van der Waals surface area contributed by atoms with Crippen LogP contribution in [0.25, 0.3) is 0 Å². The van der Waals surface area contributed by atoms with E-state index in [1.54, 1.807) is 12.1 Å². The Morgan fingerprint density at radius 3 is 2.81 bits per heavy atom. The molecule has 26 heavy (non-hydrogen) atoms. The van der Waals surface area contributed by atoms with Crippen LogP contribution in [0.1, 0.15) is 32.8 Å². The molecule has 7 heteroatoms. The second kappa shape index (κ2) is 6.97. The number of nitrogens with one attached hydrogen (secondary N) is 2. The molecule has 1 amide bonds. The molecule has 1 aromatic heterocycles. The number of amides is 1. The maximum absolute atomic E-state index is 12.4. The van der Waals surface area contributed by atoms with Gasteiger partial charge >= 0.3 is 0 Å². The molecule has 0 saturated carbocycles. The number of benzene rings is 2. The molecule has 2 N–H and O–H groups in total. The van der Waals surface area contributed by atoms with Crippen LogP contribution < -0.4 is 15.4 Å². The highest BCUT2D eigenvalue weighted by Crippen LogP contribution is 2.29. The van der Waals surface area contributed by atoms with E-state index in [4.69, 9.17) is 16.3 Å². The minimum absolute atomic E-state index is 0.0891. The van der Waals surface area contributed by atoms with Gasteiger partial charge in [-0.05, 0) is 42.8 Å². The van der Waals surface area contributed by atoms with Crippen LogP contribution in [0.3, 0.4) is 0 Å². The van der Waals surface area contributed by atoms with Crippen LogP contribution in [0.15, 0.2) is 47.8 Å². The normalized spacial score (nSPS) is 15.8. The summed E-state index contributed by atoms with van der Waals surface area (Å²) in [7, 11) is 0. The molecule has 4 rings (SSSR count). The van der Waals surface area contributed by atoms with Gasteiger partial charge in [-0.3, -0.25) is 4.79 Å². The first-order valence-electron chi connectivity index (χ1n) is 8.10. The number of thiazole rings is 1. The van der Waals surface area contributed by atoms with Gasteiger partial charge in [0.1, 0.15) is 23.5 Å². The number of halogens is 1. The average molecular weight is 386 g/mol. The maximum Gasteiger partial charge on any atom is 0.255 e. The summed E-state index contributed by atoms with van der Waals surface area (Å²) in [5, 5.41) is 9.73. The predicted octanol–water partition coefficient (Wildman–Crippen LogP) is 4.54. The number of carbonyl (C=O) groups excluding carboxylic acids is 1. The van der Waals surface area contributed by atoms with Gasteiger partial charge in [0.05, 0.1) is 11.3 Å². The van der Waals surface area contributed by atoms with E-state index in [0.717, 1.165) is 27.7 Å². The Morgan fingerprint density at radius 1 is 1.19 bits per heavy atom. The molecule has 1 aliphatic rings. The van der Waals surface area contributed by atoms with Crippen molar-refractivity contribution in [3.63, 3.8) is 0 Å². The zero-order chi connectivity index (χ0) is 18.1. The summed E-state index contributed by atoms with van der Waals surface area (Å²) < 4.78 is 5.72. The zero-order valence-corrected chi connectivity index (χ0v) is 15.5. The Hall–Kier alpha value is -2.57. The summed E-state index contributed by atoms with van der Waals surface area (Å²) in [6.45, 7) is 2.29. The van der Waals surface area contributed by atoms with E-state index in [-0.39, 0.29) is 12.1 Å². The molecule has 0 saturated heterocycles. The molecule has 0 spiro atoms. The topological polar surface area (TPSA) is 63.2 Å². The van der Waals surface area contributed by atoms with Gasteiger partial charge in [0.25, 0.3) is 5.91 Å². The lowest BCUT2D eigenvalue weighted by atomic mass is 10.0. The van der Waals surface area contributed by atoms with Crippen molar-refractivity contribution in [3.8, 4) is 5.75 Å². The number of hydrogen-bond acceptors (Lipinski definition) is 5. The third kappa shape index (κ3) is 3.38. The molecule has 0 unspecified atom stereocenters. The van der Waals surface area contributed by atoms with E-state index in [1.165, 1.54) is 11.3 Å². The average Bonchev–Trinajstić information content (AvgIpc) is 3.10. The Morgan fingerprint density at radius 2 is 2.00 bits per heavy atom. The van der Waals surface area contributed by atoms with Crippen LogP contribution in [0.4, 0.5) is 5.69 Å². The summed E-state index contributed by atoms with van der Waals surface area (Å²) in [5.74, 6) is 0.647. The minimum Gasteiger partial charge on any atom is -0.486 e. The predicted molar refractivity (Wildman–Crippen MR) is 103 cm³/mol. The molecule has 1 aliphatic heterocycles. The van der Waals surface area contributed by atoms with Crippen LogP contribution in [0.5, 0.6) is 5.75 Å². The van der Waals surface area contributed by atoms with Gasteiger partial charge in [-0.1, -0.05) is 23.7 Å². The van der Waals surface area contributed by atoms with Crippen LogP contribution in [0.2, 0.25) is 5.02 Å². The van der Waals surface area contributed by atoms with Crippen molar-refractivity contribution < 1.29 is 9.53 Å². The van der Waals surface area contributed by atoms with Crippen LogP contribution >= 0.6 is 22.9 Å². The number of aromatic nitrogens is 1. The van der Waals surface area contributed by atoms with Crippen molar-refractivity contribution in [1.82, 2.24) is 10.3 Å². The Bertz CT molecular complexity index is 956. The van der Waals surface area contributed by atoms with Gasteiger partial charge < -0.3 is 15.4 Å². The molecule has 2 heterocycles. The standard InChI is InChI=1S/C19H16ClN3O2S/c1-11-3-2-4-14-17(11)19(24)23-18(22-14)15-10-26-16(21-15)9-25-13-7-5-12(20)6-8-13/h2-8,10,18,22H,9H2,1H3,(H,23,24)/t18-/m1/s1. The van der Waals surface area contributed by atoms with Crippen molar-refractivity contribution >= 4 is 34.5 Å². The monoisotopic (exact) mass is 385 g/mol. The first-order valence-corrected chi connectivity index (χ1v) is 9.35. The lowest BCUT2D eigenvalue weighted by Crippen LogP contribution is -2.39. The zero-order valence-electron chi connectivity index (χ0n) is 14.0. The highest BCUT2D eigenvalue weighted by Gasteiger charge is 2.27. The molecule has 2 aromatic carbocycles. The third-order valence-electron chi connectivity index (χ3n) is 4.12. The van der Waals surface area contributed by atoms with Crippen LogP contribution in [0, 0.1) is 6.92 Å². The molecular formula is C19H16ClN3O2S. The number of anilines is 1. The van der Waals surface area contributed by atoms with E-state index in [0.29, 0.717) is 17.2 Å². The first-order chi connectivity index (χ1) is 12.6. The second-order valence-electron chi connectivity index (χ2n) is 5.96. The molecule has 0 fully saturated rings. The summed E-state index contributed by atoms with van der Waals surface area (Å²) in [6, 6.07) is 13.0. The molecule has 5 nitrogen and oxygen atoms in total. The molecule has 132 valence electrons. The van der Waals surface area contributed by atoms with Crippen molar-refractivity contribution in [2.45, 2.75) is 19.7 Å². The van der Waals surface area contributed by atoms with Gasteiger partial charge in [0.15, 0.2) is 0 Å². The van der Waals surface area contributed by atoms with Crippen molar-refractivity contribution in [1.29, 1.82) is 0 Å². The van der Waals surface area contributed by atoms with Gasteiger partial charge in [-0.25, -0.2) is 4.98 Å². The number of ether oxygens (including phenoxy) is 1. The Kier molecular flexibility index (Phi) is 4.53. The third-order valence-corrected chi connectivity index (χ3v) is 5.21. The molecule has 0 aliphatic carbocycles. The SMILES string of the molecule is Cc1cccc2c1C(=O)N[C@H](c1csc(COc3ccc(Cl)cc3)n1)N2. The fraction of sp³-hybridized carbons (Fsp3) is 0.158. The summed E-state index contributed by atoms with van der Waals surface area (Å²) >= 11 is 7.37. The smallest absolute Gasteiger partial charge is 0.255 e. The van der Waals surface area contributed by atoms with Crippen LogP contribution in [-0.4, -0.2) is 10.9 Å². The number of hydrogen-bond donors (Lipinski definition) is 2. The van der Waals surface area contributed by atoms with Crippen molar-refractivity contribution in [2.75, 3.05) is 5.32 Å². The second-order valence-corrected chi connectivity index (χ2v) is 7.34. The summed E-state index contributed by atoms with van der Waals surface area (Å²) in [5.41, 5.74) is 3.22. The number of nitrogens with zero attached hydrogens (tertiary/aromatic N) is 1. The summed E-state index contributed by atoms with van der Waals surface area (Å²) in [4.78, 5) is 17.0. The molecule has 0 radical (unpaired) electrons. The number of carbonyl (C=O) groups is 1. The molecule has 1 atom stereocenters. The highest BCUT2D eigenvalue weighted by atomic mass is 35.5. The lowest BCUT2D eigenvalue weighted by Gasteiger charge is -2.27. The van der Waals surface area contributed by atoms with Gasteiger partial charge in [0.2, 0.25) is 0 Å². The lowest BCUT2D eigenvalue weighted by molar-refractivity contribution is 0.0934. The Labute approximate surface area is 160 Å². The Balaban J connectivity index is 1.46. The highest BCUT2D eigenvalue weighted by molar-refractivity contribution is 7.09. The van der Waals surface area contributed by atoms with E-state index in [9.17, 15) is 4.79 Å². The van der Waals surface area contributed by atoms with E-state index >= 15 is 0 Å². The van der Waals surface area contributed by atoms with Crippen molar-refractivity contribution in [3.05, 3.63) is 74.7 Å². The number of aryl methyl sites for hydroxylation is 1. The van der Waals surface area contributed by atoms with Gasteiger partial charge in [0, 0.05) is 16.1 Å². The van der Waals surface area contributed by atoms with E-state index in [1.807, 2.05) is 42.6 Å². The fourth-order valence-electron chi connectivity index (χ4n) is 2.83.